The van der Waals surface area contributed by atoms with Crippen molar-refractivity contribution in [2.45, 2.75) is 96.6 Å². The first-order valence-corrected chi connectivity index (χ1v) is 11.5. The van der Waals surface area contributed by atoms with Crippen LogP contribution in [0.5, 0.6) is 11.5 Å². The van der Waals surface area contributed by atoms with Crippen LogP contribution in [0.15, 0.2) is 35.9 Å². The Bertz CT molecular complexity index is 869. The van der Waals surface area contributed by atoms with Crippen molar-refractivity contribution in [3.8, 4) is 11.5 Å². The molecule has 3 heterocycles. The van der Waals surface area contributed by atoms with Crippen LogP contribution < -0.4 is 9.47 Å². The Morgan fingerprint density at radius 3 is 2.52 bits per heavy atom. The predicted octanol–water partition coefficient (Wildman–Crippen LogP) is 6.02. The van der Waals surface area contributed by atoms with E-state index in [-0.39, 0.29) is 11.7 Å². The van der Waals surface area contributed by atoms with E-state index < -0.39 is 11.6 Å². The number of ether oxygens (including phenoxy) is 5. The third kappa shape index (κ3) is 5.00. The summed E-state index contributed by atoms with van der Waals surface area (Å²) < 4.78 is 30.3. The summed E-state index contributed by atoms with van der Waals surface area (Å²) in [5.41, 5.74) is 1.96. The lowest BCUT2D eigenvalue weighted by atomic mass is 9.98. The van der Waals surface area contributed by atoms with Gasteiger partial charge in [-0.15, -0.1) is 0 Å². The van der Waals surface area contributed by atoms with E-state index >= 15 is 0 Å². The fourth-order valence-electron chi connectivity index (χ4n) is 4.27. The largest absolute Gasteiger partial charge is 0.489 e. The first kappa shape index (κ1) is 22.4. The van der Waals surface area contributed by atoms with Gasteiger partial charge in [0.1, 0.15) is 18.1 Å². The average Bonchev–Trinajstić information content (AvgIpc) is 3.23. The molecule has 5 heteroatoms. The molecule has 3 atom stereocenters. The molecule has 4 rings (SSSR count). The van der Waals surface area contributed by atoms with Crippen LogP contribution in [0.3, 0.4) is 0 Å². The van der Waals surface area contributed by atoms with Crippen molar-refractivity contribution in [3.63, 3.8) is 0 Å². The van der Waals surface area contributed by atoms with E-state index in [1.807, 2.05) is 30.4 Å². The quantitative estimate of drug-likeness (QED) is 0.374. The molecule has 2 unspecified atom stereocenters. The van der Waals surface area contributed by atoms with Gasteiger partial charge < -0.3 is 23.7 Å². The molecular weight excluding hydrogens is 392 g/mol. The molecule has 170 valence electrons. The van der Waals surface area contributed by atoms with Gasteiger partial charge in [-0.3, -0.25) is 0 Å². The zero-order chi connectivity index (χ0) is 22.3. The lowest BCUT2D eigenvalue weighted by molar-refractivity contribution is -0.270. The SMILES string of the molecule is CCCC1O[C@]2(C=Cc3ccc(OC/C=C(\C)CCC4OC4(C)C)cc3O2)OC1(C)C. The molecule has 1 aromatic carbocycles. The second-order valence-electron chi connectivity index (χ2n) is 9.95. The molecular formula is C26H36O5. The van der Waals surface area contributed by atoms with Gasteiger partial charge in [0.05, 0.1) is 23.4 Å². The van der Waals surface area contributed by atoms with Crippen LogP contribution in [0.2, 0.25) is 0 Å². The molecule has 2 saturated heterocycles. The second-order valence-corrected chi connectivity index (χ2v) is 9.95. The average molecular weight is 429 g/mol. The van der Waals surface area contributed by atoms with Gasteiger partial charge in [0, 0.05) is 17.7 Å². The minimum absolute atomic E-state index is 0.0112. The summed E-state index contributed by atoms with van der Waals surface area (Å²) in [7, 11) is 0. The van der Waals surface area contributed by atoms with E-state index in [9.17, 15) is 0 Å². The van der Waals surface area contributed by atoms with E-state index in [0.29, 0.717) is 18.5 Å². The fourth-order valence-corrected chi connectivity index (χ4v) is 4.27. The molecule has 3 aliphatic rings. The first-order chi connectivity index (χ1) is 14.6. The summed E-state index contributed by atoms with van der Waals surface area (Å²) >= 11 is 0. The summed E-state index contributed by atoms with van der Waals surface area (Å²) in [6.45, 7) is 13.2. The zero-order valence-corrected chi connectivity index (χ0v) is 19.7. The van der Waals surface area contributed by atoms with E-state index in [1.54, 1.807) is 0 Å². The Balaban J connectivity index is 1.35. The summed E-state index contributed by atoms with van der Waals surface area (Å²) in [4.78, 5) is 0. The van der Waals surface area contributed by atoms with Crippen LogP contribution >= 0.6 is 0 Å². The summed E-state index contributed by atoms with van der Waals surface area (Å²) in [6.07, 6.45) is 10.4. The smallest absolute Gasteiger partial charge is 0.350 e. The number of rotatable bonds is 8. The van der Waals surface area contributed by atoms with Crippen molar-refractivity contribution in [2.24, 2.45) is 0 Å². The molecule has 1 aromatic rings. The van der Waals surface area contributed by atoms with Crippen molar-refractivity contribution in [2.75, 3.05) is 6.61 Å². The number of hydrogen-bond donors (Lipinski definition) is 0. The minimum Gasteiger partial charge on any atom is -0.489 e. The Kier molecular flexibility index (Phi) is 5.97. The van der Waals surface area contributed by atoms with E-state index in [1.165, 1.54) is 5.57 Å². The number of hydrogen-bond acceptors (Lipinski definition) is 5. The maximum atomic E-state index is 6.23. The first-order valence-electron chi connectivity index (χ1n) is 11.5. The van der Waals surface area contributed by atoms with Gasteiger partial charge >= 0.3 is 5.97 Å². The van der Waals surface area contributed by atoms with Crippen molar-refractivity contribution < 1.29 is 23.7 Å². The molecule has 0 bridgehead atoms. The highest BCUT2D eigenvalue weighted by molar-refractivity contribution is 5.62. The zero-order valence-electron chi connectivity index (χ0n) is 19.7. The molecule has 2 fully saturated rings. The summed E-state index contributed by atoms with van der Waals surface area (Å²) in [5, 5.41) is 0. The lowest BCUT2D eigenvalue weighted by Crippen LogP contribution is -2.38. The van der Waals surface area contributed by atoms with Gasteiger partial charge in [0.2, 0.25) is 0 Å². The standard InChI is InChI=1S/C26H36O5/c1-7-8-22-25(5,6)31-26(30-22)15-13-19-10-11-20(17-21(19)28-26)27-16-14-18(2)9-12-23-24(3,4)29-23/h10-11,13-15,17,22-23H,7-9,12,16H2,1-6H3/b18-14+/t22?,23?,26-/m1/s1. The van der Waals surface area contributed by atoms with Crippen molar-refractivity contribution in [1.82, 2.24) is 0 Å². The third-order valence-electron chi connectivity index (χ3n) is 6.39. The van der Waals surface area contributed by atoms with Gasteiger partial charge in [-0.25, -0.2) is 0 Å². The molecule has 5 nitrogen and oxygen atoms in total. The molecule has 0 radical (unpaired) electrons. The predicted molar refractivity (Wildman–Crippen MR) is 121 cm³/mol. The molecule has 0 N–H and O–H groups in total. The van der Waals surface area contributed by atoms with Crippen molar-refractivity contribution >= 4 is 6.08 Å². The molecule has 3 aliphatic heterocycles. The van der Waals surface area contributed by atoms with Crippen LogP contribution in [-0.4, -0.2) is 36.0 Å². The van der Waals surface area contributed by atoms with Crippen molar-refractivity contribution in [1.29, 1.82) is 0 Å². The molecule has 31 heavy (non-hydrogen) atoms. The van der Waals surface area contributed by atoms with Crippen LogP contribution in [-0.2, 0) is 14.2 Å². The molecule has 0 aromatic heterocycles. The van der Waals surface area contributed by atoms with Crippen LogP contribution in [0.1, 0.15) is 72.8 Å². The molecule has 0 aliphatic carbocycles. The Hall–Kier alpha value is -1.82. The van der Waals surface area contributed by atoms with E-state index in [2.05, 4.69) is 47.6 Å². The Labute approximate surface area is 186 Å². The number of epoxide rings is 1. The van der Waals surface area contributed by atoms with Gasteiger partial charge in [-0.2, -0.15) is 0 Å². The molecule has 0 saturated carbocycles. The fraction of sp³-hybridized carbons (Fsp3) is 0.615. The topological polar surface area (TPSA) is 49.5 Å². The lowest BCUT2D eigenvalue weighted by Gasteiger charge is -2.30. The summed E-state index contributed by atoms with van der Waals surface area (Å²) in [6, 6.07) is 5.88. The highest BCUT2D eigenvalue weighted by Gasteiger charge is 2.53. The number of allylic oxidation sites excluding steroid dienone is 1. The number of benzene rings is 1. The Morgan fingerprint density at radius 2 is 1.81 bits per heavy atom. The Morgan fingerprint density at radius 1 is 1.06 bits per heavy atom. The van der Waals surface area contributed by atoms with Gasteiger partial charge in [-0.05, 0) is 78.2 Å². The molecule has 0 amide bonds. The highest BCUT2D eigenvalue weighted by Crippen LogP contribution is 2.44. The minimum atomic E-state index is -1.16. The maximum absolute atomic E-state index is 6.23. The van der Waals surface area contributed by atoms with E-state index in [4.69, 9.17) is 23.7 Å². The molecule has 1 spiro atoms. The van der Waals surface area contributed by atoms with Gasteiger partial charge in [0.15, 0.2) is 0 Å². The monoisotopic (exact) mass is 428 g/mol. The third-order valence-corrected chi connectivity index (χ3v) is 6.39. The van der Waals surface area contributed by atoms with Crippen LogP contribution in [0.4, 0.5) is 0 Å². The number of fused-ring (bicyclic) bond motifs is 1. The van der Waals surface area contributed by atoms with Crippen LogP contribution in [0, 0.1) is 0 Å². The normalized spacial score (nSPS) is 30.2. The van der Waals surface area contributed by atoms with E-state index in [0.717, 1.165) is 37.0 Å². The second kappa shape index (κ2) is 8.27. The maximum Gasteiger partial charge on any atom is 0.350 e. The highest BCUT2D eigenvalue weighted by atomic mass is 16.9. The summed E-state index contributed by atoms with van der Waals surface area (Å²) in [5.74, 6) is 0.313. The van der Waals surface area contributed by atoms with Crippen molar-refractivity contribution in [3.05, 3.63) is 41.5 Å². The van der Waals surface area contributed by atoms with Crippen LogP contribution in [0.25, 0.3) is 6.08 Å². The van der Waals surface area contributed by atoms with Gasteiger partial charge in [0.25, 0.3) is 0 Å². The van der Waals surface area contributed by atoms with Gasteiger partial charge in [-0.1, -0.05) is 18.9 Å².